The molecule has 5 rings (SSSR count). The fraction of sp³-hybridized carbons (Fsp3) is 0.407. The van der Waals surface area contributed by atoms with E-state index in [0.717, 1.165) is 62.7 Å². The van der Waals surface area contributed by atoms with Crippen molar-refractivity contribution < 1.29 is 14.6 Å². The largest absolute Gasteiger partial charge is 0.273 e. The topological polar surface area (TPSA) is 119 Å². The molecule has 186 valence electrons. The molecule has 1 aliphatic heterocycles. The van der Waals surface area contributed by atoms with Crippen LogP contribution >= 0.6 is 0 Å². The number of nitrogens with zero attached hydrogens (tertiary/aromatic N) is 4. The van der Waals surface area contributed by atoms with Crippen LogP contribution in [0.1, 0.15) is 68.5 Å². The molecule has 2 fully saturated rings. The van der Waals surface area contributed by atoms with Gasteiger partial charge >= 0.3 is 0 Å². The lowest BCUT2D eigenvalue weighted by Gasteiger charge is -2.32. The fourth-order valence-electron chi connectivity index (χ4n) is 5.80. The maximum absolute atomic E-state index is 13.7. The van der Waals surface area contributed by atoms with Crippen molar-refractivity contribution in [3.05, 3.63) is 85.5 Å². The Hall–Kier alpha value is -3.88. The number of nitro groups is 2. The van der Waals surface area contributed by atoms with Gasteiger partial charge in [0, 0.05) is 36.1 Å². The molecule has 1 amide bonds. The summed E-state index contributed by atoms with van der Waals surface area (Å²) in [5, 5.41) is 29.2. The number of carbonyl (C=O) groups is 1. The summed E-state index contributed by atoms with van der Waals surface area (Å²) in [6.07, 6.45) is 9.21. The molecule has 2 aromatic carbocycles. The number of rotatable bonds is 5. The molecular formula is C27H28N4O5. The SMILES string of the molecule is O=C(C1CCCCC1)N1N=C2/C(=C/c3cccc([N+](=O)[O-])c3)CCC[C@H]2[C@@H]1c1cccc([N+](=O)[O-])c1. The molecule has 0 saturated heterocycles. The van der Waals surface area contributed by atoms with Crippen molar-refractivity contribution in [1.29, 1.82) is 0 Å². The third-order valence-electron chi connectivity index (χ3n) is 7.53. The number of hydrazone groups is 1. The Morgan fingerprint density at radius 1 is 0.917 bits per heavy atom. The van der Waals surface area contributed by atoms with E-state index in [0.29, 0.717) is 11.1 Å². The molecule has 2 aromatic rings. The number of nitro benzene ring substituents is 2. The van der Waals surface area contributed by atoms with Gasteiger partial charge in [0.05, 0.1) is 21.6 Å². The van der Waals surface area contributed by atoms with Gasteiger partial charge in [-0.2, -0.15) is 5.10 Å². The second-order valence-corrected chi connectivity index (χ2v) is 9.82. The van der Waals surface area contributed by atoms with Gasteiger partial charge < -0.3 is 0 Å². The van der Waals surface area contributed by atoms with Gasteiger partial charge in [-0.05, 0) is 54.9 Å². The van der Waals surface area contributed by atoms with Crippen molar-refractivity contribution >= 4 is 29.1 Å². The van der Waals surface area contributed by atoms with E-state index in [9.17, 15) is 25.0 Å². The van der Waals surface area contributed by atoms with Crippen molar-refractivity contribution in [2.45, 2.75) is 57.4 Å². The first-order valence-electron chi connectivity index (χ1n) is 12.5. The highest BCUT2D eigenvalue weighted by Gasteiger charge is 2.45. The first-order valence-corrected chi connectivity index (χ1v) is 12.5. The van der Waals surface area contributed by atoms with Gasteiger partial charge in [-0.15, -0.1) is 0 Å². The average Bonchev–Trinajstić information content (AvgIpc) is 3.29. The normalized spacial score (nSPS) is 23.3. The van der Waals surface area contributed by atoms with Crippen molar-refractivity contribution in [3.63, 3.8) is 0 Å². The van der Waals surface area contributed by atoms with Crippen LogP contribution in [0.4, 0.5) is 11.4 Å². The Morgan fingerprint density at radius 3 is 2.33 bits per heavy atom. The summed E-state index contributed by atoms with van der Waals surface area (Å²) in [5.74, 6) is -0.185. The molecule has 36 heavy (non-hydrogen) atoms. The molecule has 0 radical (unpaired) electrons. The van der Waals surface area contributed by atoms with Gasteiger partial charge in [-0.1, -0.05) is 43.5 Å². The van der Waals surface area contributed by atoms with Crippen LogP contribution in [0.3, 0.4) is 0 Å². The molecule has 9 heteroatoms. The summed E-state index contributed by atoms with van der Waals surface area (Å²) in [6, 6.07) is 12.6. The second kappa shape index (κ2) is 10.0. The third-order valence-corrected chi connectivity index (χ3v) is 7.53. The zero-order valence-corrected chi connectivity index (χ0v) is 19.9. The smallest absolute Gasteiger partial charge is 0.270 e. The number of non-ortho nitro benzene ring substituents is 2. The number of carbonyl (C=O) groups excluding carboxylic acids is 1. The van der Waals surface area contributed by atoms with E-state index < -0.39 is 15.9 Å². The average molecular weight is 489 g/mol. The van der Waals surface area contributed by atoms with Crippen molar-refractivity contribution in [1.82, 2.24) is 5.01 Å². The highest BCUT2D eigenvalue weighted by Crippen LogP contribution is 2.46. The van der Waals surface area contributed by atoms with Crippen LogP contribution in [0.25, 0.3) is 6.08 Å². The highest BCUT2D eigenvalue weighted by molar-refractivity contribution is 6.08. The maximum atomic E-state index is 13.7. The minimum absolute atomic E-state index is 0.00538. The minimum atomic E-state index is -0.415. The van der Waals surface area contributed by atoms with E-state index in [1.165, 1.54) is 18.2 Å². The molecule has 0 aromatic heterocycles. The molecule has 9 nitrogen and oxygen atoms in total. The van der Waals surface area contributed by atoms with Gasteiger partial charge in [-0.25, -0.2) is 5.01 Å². The van der Waals surface area contributed by atoms with Crippen molar-refractivity contribution in [2.75, 3.05) is 0 Å². The minimum Gasteiger partial charge on any atom is -0.273 e. The van der Waals surface area contributed by atoms with Gasteiger partial charge in [0.1, 0.15) is 0 Å². The van der Waals surface area contributed by atoms with E-state index >= 15 is 0 Å². The molecule has 0 unspecified atom stereocenters. The second-order valence-electron chi connectivity index (χ2n) is 9.82. The van der Waals surface area contributed by atoms with Crippen LogP contribution in [0.15, 0.2) is 59.2 Å². The van der Waals surface area contributed by atoms with Gasteiger partial charge in [-0.3, -0.25) is 25.0 Å². The first-order chi connectivity index (χ1) is 17.4. The quantitative estimate of drug-likeness (QED) is 0.366. The molecular weight excluding hydrogens is 460 g/mol. The zero-order valence-electron chi connectivity index (χ0n) is 19.9. The Labute approximate surface area is 208 Å². The Morgan fingerprint density at radius 2 is 1.61 bits per heavy atom. The molecule has 2 aliphatic carbocycles. The van der Waals surface area contributed by atoms with E-state index in [4.69, 9.17) is 5.10 Å². The number of hydrogen-bond donors (Lipinski definition) is 0. The summed E-state index contributed by atoms with van der Waals surface area (Å²) in [4.78, 5) is 35.6. The summed E-state index contributed by atoms with van der Waals surface area (Å²) < 4.78 is 0. The first kappa shape index (κ1) is 23.8. The number of allylic oxidation sites excluding steroid dienone is 1. The molecule has 2 atom stereocenters. The van der Waals surface area contributed by atoms with E-state index in [2.05, 4.69) is 0 Å². The molecule has 0 bridgehead atoms. The molecule has 1 heterocycles. The predicted octanol–water partition coefficient (Wildman–Crippen LogP) is 6.21. The van der Waals surface area contributed by atoms with E-state index in [1.807, 2.05) is 18.2 Å². The van der Waals surface area contributed by atoms with Gasteiger partial charge in [0.25, 0.3) is 11.4 Å². The Kier molecular flexibility index (Phi) is 6.63. The van der Waals surface area contributed by atoms with Crippen LogP contribution in [0.5, 0.6) is 0 Å². The van der Waals surface area contributed by atoms with Gasteiger partial charge in [0.2, 0.25) is 5.91 Å². The highest BCUT2D eigenvalue weighted by atomic mass is 16.6. The van der Waals surface area contributed by atoms with Crippen LogP contribution < -0.4 is 0 Å². The monoisotopic (exact) mass is 488 g/mol. The number of fused-ring (bicyclic) bond motifs is 1. The lowest BCUT2D eigenvalue weighted by atomic mass is 9.77. The standard InChI is InChI=1S/C27H28N4O5/c32-27(19-8-2-1-3-9-19)29-26(21-11-5-13-23(17-21)31(35)36)24-14-6-10-20(25(24)28-29)15-18-7-4-12-22(16-18)30(33)34/h4-5,7,11-13,15-17,19,24,26H,1-3,6,8-10,14H2/b20-15+/t24-,26+/m1/s1. The summed E-state index contributed by atoms with van der Waals surface area (Å²) >= 11 is 0. The lowest BCUT2D eigenvalue weighted by molar-refractivity contribution is -0.385. The van der Waals surface area contributed by atoms with E-state index in [1.54, 1.807) is 23.2 Å². The number of hydrogen-bond acceptors (Lipinski definition) is 6. The maximum Gasteiger partial charge on any atom is 0.270 e. The lowest BCUT2D eigenvalue weighted by Crippen LogP contribution is -2.36. The Balaban J connectivity index is 1.55. The molecule has 0 N–H and O–H groups in total. The zero-order chi connectivity index (χ0) is 25.2. The summed E-state index contributed by atoms with van der Waals surface area (Å²) in [6.45, 7) is 0. The summed E-state index contributed by atoms with van der Waals surface area (Å²) in [7, 11) is 0. The third kappa shape index (κ3) is 4.65. The van der Waals surface area contributed by atoms with Gasteiger partial charge in [0.15, 0.2) is 0 Å². The molecule has 3 aliphatic rings. The predicted molar refractivity (Wildman–Crippen MR) is 135 cm³/mol. The van der Waals surface area contributed by atoms with Crippen LogP contribution in [-0.2, 0) is 4.79 Å². The van der Waals surface area contributed by atoms with E-state index in [-0.39, 0.29) is 29.1 Å². The van der Waals surface area contributed by atoms with Crippen molar-refractivity contribution in [2.24, 2.45) is 16.9 Å². The summed E-state index contributed by atoms with van der Waals surface area (Å²) in [5.41, 5.74) is 3.22. The van der Waals surface area contributed by atoms with Crippen LogP contribution in [0, 0.1) is 32.1 Å². The fourth-order valence-corrected chi connectivity index (χ4v) is 5.80. The van der Waals surface area contributed by atoms with Crippen molar-refractivity contribution in [3.8, 4) is 0 Å². The van der Waals surface area contributed by atoms with Crippen LogP contribution in [0.2, 0.25) is 0 Å². The molecule has 0 spiro atoms. The van der Waals surface area contributed by atoms with Crippen LogP contribution in [-0.4, -0.2) is 26.5 Å². The number of amides is 1. The number of benzene rings is 2. The molecule has 2 saturated carbocycles. The Bertz CT molecular complexity index is 1260.